The molecule has 0 radical (unpaired) electrons. The van der Waals surface area contributed by atoms with Gasteiger partial charge in [-0.25, -0.2) is 20.3 Å². The maximum absolute atomic E-state index is 16.7. The minimum Gasteiger partial charge on any atom is -0.462 e. The van der Waals surface area contributed by atoms with Crippen LogP contribution in [-0.4, -0.2) is 72.3 Å². The summed E-state index contributed by atoms with van der Waals surface area (Å²) in [5, 5.41) is 4.02. The molecule has 202 valence electrons. The van der Waals surface area contributed by atoms with Crippen molar-refractivity contribution in [2.45, 2.75) is 25.4 Å². The van der Waals surface area contributed by atoms with Crippen molar-refractivity contribution < 1.29 is 13.5 Å². The van der Waals surface area contributed by atoms with E-state index < -0.39 is 11.6 Å². The molecular weight excluding hydrogens is 522 g/mol. The van der Waals surface area contributed by atoms with Crippen LogP contribution in [-0.2, 0) is 6.54 Å². The third-order valence-electron chi connectivity index (χ3n) is 7.50. The van der Waals surface area contributed by atoms with Gasteiger partial charge in [0, 0.05) is 54.3 Å². The van der Waals surface area contributed by atoms with Crippen molar-refractivity contribution in [1.29, 1.82) is 0 Å². The molecule has 2 saturated heterocycles. The van der Waals surface area contributed by atoms with Crippen LogP contribution in [0.4, 0.5) is 19.7 Å². The van der Waals surface area contributed by atoms with Crippen LogP contribution in [0.25, 0.3) is 37.1 Å². The summed E-state index contributed by atoms with van der Waals surface area (Å²) in [6.45, 7) is 11.8. The first kappa shape index (κ1) is 25.6. The lowest BCUT2D eigenvalue weighted by Crippen LogP contribution is -2.44. The predicted octanol–water partition coefficient (Wildman–Crippen LogP) is 4.07. The SMILES string of the molecule is [C-]#[N+]Cc1cc2c(N3CCNCC3)nc(OC[C@@H]3CCCN3C)nc2c(F)c1-c1ccc(F)c2sc(N)nc12. The van der Waals surface area contributed by atoms with Gasteiger partial charge < -0.3 is 30.4 Å². The molecule has 4 aromatic rings. The number of nitrogen functional groups attached to an aromatic ring is 1. The van der Waals surface area contributed by atoms with E-state index in [1.165, 1.54) is 12.1 Å². The highest BCUT2D eigenvalue weighted by Crippen LogP contribution is 2.41. The highest BCUT2D eigenvalue weighted by molar-refractivity contribution is 7.22. The molecule has 0 amide bonds. The summed E-state index contributed by atoms with van der Waals surface area (Å²) in [5.41, 5.74) is 7.25. The first-order valence-electron chi connectivity index (χ1n) is 12.9. The van der Waals surface area contributed by atoms with Crippen molar-refractivity contribution in [2.24, 2.45) is 0 Å². The largest absolute Gasteiger partial charge is 0.462 e. The van der Waals surface area contributed by atoms with Gasteiger partial charge in [0.05, 0.1) is 10.2 Å². The number of anilines is 2. The quantitative estimate of drug-likeness (QED) is 0.347. The van der Waals surface area contributed by atoms with Crippen LogP contribution in [0.5, 0.6) is 6.01 Å². The highest BCUT2D eigenvalue weighted by Gasteiger charge is 2.27. The van der Waals surface area contributed by atoms with Crippen molar-refractivity contribution in [3.63, 3.8) is 0 Å². The zero-order valence-electron chi connectivity index (χ0n) is 21.5. The Morgan fingerprint density at radius 1 is 1.18 bits per heavy atom. The van der Waals surface area contributed by atoms with Gasteiger partial charge in [0.15, 0.2) is 10.9 Å². The van der Waals surface area contributed by atoms with Gasteiger partial charge in [0.2, 0.25) is 6.54 Å². The van der Waals surface area contributed by atoms with Crippen molar-refractivity contribution in [2.75, 3.05) is 57.0 Å². The molecule has 2 aromatic heterocycles. The van der Waals surface area contributed by atoms with E-state index in [9.17, 15) is 4.39 Å². The van der Waals surface area contributed by atoms with Gasteiger partial charge in [-0.1, -0.05) is 11.3 Å². The molecule has 0 spiro atoms. The summed E-state index contributed by atoms with van der Waals surface area (Å²) in [5.74, 6) is -0.519. The van der Waals surface area contributed by atoms with Gasteiger partial charge in [-0.05, 0) is 44.6 Å². The highest BCUT2D eigenvalue weighted by atomic mass is 32.1. The second kappa shape index (κ2) is 10.5. The number of likely N-dealkylation sites (N-methyl/N-ethyl adjacent to an activating group) is 1. The number of nitrogens with one attached hydrogen (secondary N) is 1. The molecule has 0 unspecified atom stereocenters. The Kier molecular flexibility index (Phi) is 6.88. The number of fused-ring (bicyclic) bond motifs is 2. The first-order valence-corrected chi connectivity index (χ1v) is 13.8. The van der Waals surface area contributed by atoms with Crippen molar-refractivity contribution in [1.82, 2.24) is 25.2 Å². The molecule has 3 N–H and O–H groups in total. The van der Waals surface area contributed by atoms with Crippen LogP contribution in [0, 0.1) is 18.2 Å². The fourth-order valence-corrected chi connectivity index (χ4v) is 6.25. The van der Waals surface area contributed by atoms with Crippen molar-refractivity contribution >= 4 is 43.4 Å². The third kappa shape index (κ3) is 4.71. The Labute approximate surface area is 228 Å². The Morgan fingerprint density at radius 3 is 2.74 bits per heavy atom. The van der Waals surface area contributed by atoms with Gasteiger partial charge >= 0.3 is 6.01 Å². The van der Waals surface area contributed by atoms with Crippen LogP contribution >= 0.6 is 11.3 Å². The number of rotatable bonds is 6. The van der Waals surface area contributed by atoms with Gasteiger partial charge in [-0.3, -0.25) is 0 Å². The molecule has 2 aliphatic rings. The number of nitrogens with zero attached hydrogens (tertiary/aromatic N) is 6. The molecule has 2 fully saturated rings. The fraction of sp³-hybridized carbons (Fsp3) is 0.407. The van der Waals surface area contributed by atoms with Crippen LogP contribution in [0.15, 0.2) is 18.2 Å². The predicted molar refractivity (Wildman–Crippen MR) is 149 cm³/mol. The Bertz CT molecular complexity index is 1600. The number of piperazine rings is 1. The summed E-state index contributed by atoms with van der Waals surface area (Å²) in [4.78, 5) is 21.5. The number of halogens is 2. The molecule has 2 aromatic carbocycles. The van der Waals surface area contributed by atoms with E-state index in [4.69, 9.17) is 22.0 Å². The molecule has 0 aliphatic carbocycles. The number of nitrogens with two attached hydrogens (primary N) is 1. The van der Waals surface area contributed by atoms with Crippen LogP contribution in [0.1, 0.15) is 18.4 Å². The number of ether oxygens (including phenoxy) is 1. The molecule has 4 heterocycles. The van der Waals surface area contributed by atoms with Crippen LogP contribution in [0.3, 0.4) is 0 Å². The fourth-order valence-electron chi connectivity index (χ4n) is 5.48. The zero-order valence-corrected chi connectivity index (χ0v) is 22.3. The zero-order chi connectivity index (χ0) is 27.1. The lowest BCUT2D eigenvalue weighted by molar-refractivity contribution is 0.188. The summed E-state index contributed by atoms with van der Waals surface area (Å²) >= 11 is 1.01. The van der Waals surface area contributed by atoms with Gasteiger partial charge in [0.1, 0.15) is 23.8 Å². The number of hydrogen-bond acceptors (Lipinski definition) is 9. The topological polar surface area (TPSA) is 96.8 Å². The molecule has 1 atom stereocenters. The van der Waals surface area contributed by atoms with Gasteiger partial charge in [-0.15, -0.1) is 0 Å². The molecule has 6 rings (SSSR count). The van der Waals surface area contributed by atoms with E-state index in [1.807, 2.05) is 0 Å². The Balaban J connectivity index is 1.55. The molecule has 2 aliphatic heterocycles. The molecule has 39 heavy (non-hydrogen) atoms. The van der Waals surface area contributed by atoms with Crippen molar-refractivity contribution in [3.8, 4) is 17.1 Å². The van der Waals surface area contributed by atoms with Crippen LogP contribution < -0.4 is 20.7 Å². The van der Waals surface area contributed by atoms with Gasteiger partial charge in [0.25, 0.3) is 0 Å². The van der Waals surface area contributed by atoms with E-state index in [0.717, 1.165) is 43.8 Å². The monoisotopic (exact) mass is 550 g/mol. The molecule has 9 nitrogen and oxygen atoms in total. The van der Waals surface area contributed by atoms with Crippen LogP contribution in [0.2, 0.25) is 0 Å². The lowest BCUT2D eigenvalue weighted by Gasteiger charge is -2.29. The smallest absolute Gasteiger partial charge is 0.319 e. The Morgan fingerprint density at radius 2 is 2.00 bits per heavy atom. The molecule has 0 bridgehead atoms. The lowest BCUT2D eigenvalue weighted by atomic mass is 9.95. The van der Waals surface area contributed by atoms with E-state index in [-0.39, 0.29) is 45.0 Å². The minimum absolute atomic E-state index is 0.0755. The summed E-state index contributed by atoms with van der Waals surface area (Å²) in [6, 6.07) is 4.90. The van der Waals surface area contributed by atoms with E-state index in [2.05, 4.69) is 37.0 Å². The number of thiazole rings is 1. The summed E-state index contributed by atoms with van der Waals surface area (Å²) in [6.07, 6.45) is 2.12. The maximum atomic E-state index is 16.7. The third-order valence-corrected chi connectivity index (χ3v) is 8.39. The van der Waals surface area contributed by atoms with E-state index in [0.29, 0.717) is 42.0 Å². The molecule has 0 saturated carbocycles. The second-order valence-electron chi connectivity index (χ2n) is 9.92. The molecular formula is C27H28F2N8OS. The maximum Gasteiger partial charge on any atom is 0.319 e. The van der Waals surface area contributed by atoms with Gasteiger partial charge in [-0.2, -0.15) is 9.97 Å². The molecule has 12 heteroatoms. The first-order chi connectivity index (χ1) is 18.9. The number of aromatic nitrogens is 3. The Hall–Kier alpha value is -3.66. The minimum atomic E-state index is -0.618. The number of benzene rings is 2. The summed E-state index contributed by atoms with van der Waals surface area (Å²) < 4.78 is 37.6. The standard InChI is InChI=1S/C27H28F2N8OS/c1-31-13-15-12-18-22(21(29)20(15)17-5-6-19(28)24-23(17)33-26(30)39-24)34-27(38-14-16-4-3-9-36(16)2)35-25(18)37-10-7-32-8-11-37/h5-6,12,16,32H,3-4,7-11,13-14H2,2H3,(H2,30,33)/t16-/m0/s1. The van der Waals surface area contributed by atoms with E-state index >= 15 is 4.39 Å². The average molecular weight is 551 g/mol. The summed E-state index contributed by atoms with van der Waals surface area (Å²) in [7, 11) is 2.06. The van der Waals surface area contributed by atoms with E-state index in [1.54, 1.807) is 6.07 Å². The second-order valence-corrected chi connectivity index (χ2v) is 10.9. The number of hydrogen-bond donors (Lipinski definition) is 2. The van der Waals surface area contributed by atoms with Crippen molar-refractivity contribution in [3.05, 3.63) is 46.8 Å². The normalized spacial score (nSPS) is 18.2. The number of likely N-dealkylation sites (tertiary alicyclic amines) is 1. The average Bonchev–Trinajstić information content (AvgIpc) is 3.54.